The van der Waals surface area contributed by atoms with Crippen LogP contribution in [0.15, 0.2) is 54.7 Å². The molecule has 0 aliphatic heterocycles. The van der Waals surface area contributed by atoms with E-state index < -0.39 is 0 Å². The third kappa shape index (κ3) is 2.14. The SMILES string of the molecule is Oc1ccc(C(S)c2nc3ccccc3s2)c2cccnc12. The van der Waals surface area contributed by atoms with Gasteiger partial charge in [-0.3, -0.25) is 4.98 Å². The van der Waals surface area contributed by atoms with Crippen molar-refractivity contribution in [2.45, 2.75) is 5.25 Å². The van der Waals surface area contributed by atoms with Crippen LogP contribution in [-0.4, -0.2) is 15.1 Å². The first-order valence-corrected chi connectivity index (χ1v) is 8.17. The number of para-hydroxylation sites is 1. The van der Waals surface area contributed by atoms with Crippen LogP contribution < -0.4 is 0 Å². The maximum atomic E-state index is 9.96. The summed E-state index contributed by atoms with van der Waals surface area (Å²) in [5.74, 6) is 0.184. The Labute approximate surface area is 136 Å². The second kappa shape index (κ2) is 5.26. The van der Waals surface area contributed by atoms with Gasteiger partial charge in [-0.1, -0.05) is 24.3 Å². The van der Waals surface area contributed by atoms with E-state index in [2.05, 4.69) is 16.0 Å². The Kier molecular flexibility index (Phi) is 3.24. The lowest BCUT2D eigenvalue weighted by Crippen LogP contribution is -1.95. The van der Waals surface area contributed by atoms with E-state index in [1.165, 1.54) is 0 Å². The Hall–Kier alpha value is -2.11. The zero-order valence-electron chi connectivity index (χ0n) is 11.5. The highest BCUT2D eigenvalue weighted by atomic mass is 32.1. The average Bonchev–Trinajstić information content (AvgIpc) is 2.99. The number of thiol groups is 1. The van der Waals surface area contributed by atoms with Gasteiger partial charge in [0.05, 0.1) is 15.5 Å². The molecule has 0 bridgehead atoms. The lowest BCUT2D eigenvalue weighted by atomic mass is 10.0. The van der Waals surface area contributed by atoms with E-state index in [0.29, 0.717) is 5.52 Å². The molecule has 0 amide bonds. The van der Waals surface area contributed by atoms with Crippen molar-refractivity contribution in [1.29, 1.82) is 0 Å². The van der Waals surface area contributed by atoms with Gasteiger partial charge in [-0.25, -0.2) is 4.98 Å². The van der Waals surface area contributed by atoms with Gasteiger partial charge >= 0.3 is 0 Å². The first kappa shape index (κ1) is 13.5. The molecule has 108 valence electrons. The molecule has 4 aromatic rings. The maximum absolute atomic E-state index is 9.96. The van der Waals surface area contributed by atoms with Gasteiger partial charge in [0.2, 0.25) is 0 Å². The predicted octanol–water partition coefficient (Wildman–Crippen LogP) is 4.57. The Morgan fingerprint density at radius 1 is 1.05 bits per heavy atom. The summed E-state index contributed by atoms with van der Waals surface area (Å²) in [4.78, 5) is 8.94. The van der Waals surface area contributed by atoms with Crippen molar-refractivity contribution in [3.63, 3.8) is 0 Å². The molecule has 0 fully saturated rings. The normalized spacial score (nSPS) is 12.8. The summed E-state index contributed by atoms with van der Waals surface area (Å²) in [6.07, 6.45) is 1.68. The van der Waals surface area contributed by atoms with E-state index in [9.17, 15) is 5.11 Å². The fraction of sp³-hybridized carbons (Fsp3) is 0.0588. The van der Waals surface area contributed by atoms with Crippen LogP contribution in [0.25, 0.3) is 21.1 Å². The standard InChI is InChI=1S/C17H12N2OS2/c20-13-8-7-11(10-4-3-9-18-15(10)13)16(21)17-19-12-5-1-2-6-14(12)22-17/h1-9,16,20-21H. The fourth-order valence-corrected chi connectivity index (χ4v) is 3.97. The molecule has 0 saturated heterocycles. The molecule has 2 heterocycles. The minimum atomic E-state index is -0.148. The van der Waals surface area contributed by atoms with Crippen molar-refractivity contribution in [3.8, 4) is 5.75 Å². The fourth-order valence-electron chi connectivity index (χ4n) is 2.56. The molecule has 0 spiro atoms. The van der Waals surface area contributed by atoms with Gasteiger partial charge in [-0.2, -0.15) is 12.6 Å². The molecule has 1 unspecified atom stereocenters. The number of thiazole rings is 1. The van der Waals surface area contributed by atoms with Crippen molar-refractivity contribution < 1.29 is 5.11 Å². The summed E-state index contributed by atoms with van der Waals surface area (Å²) in [6.45, 7) is 0. The topological polar surface area (TPSA) is 46.0 Å². The van der Waals surface area contributed by atoms with Gasteiger partial charge in [0.15, 0.2) is 0 Å². The lowest BCUT2D eigenvalue weighted by Gasteiger charge is -2.12. The summed E-state index contributed by atoms with van der Waals surface area (Å²) in [6, 6.07) is 15.4. The number of pyridine rings is 1. The van der Waals surface area contributed by atoms with Crippen LogP contribution in [0.2, 0.25) is 0 Å². The average molecular weight is 324 g/mol. The summed E-state index contributed by atoms with van der Waals surface area (Å²) >= 11 is 6.41. The van der Waals surface area contributed by atoms with Gasteiger partial charge in [0.1, 0.15) is 16.3 Å². The van der Waals surface area contributed by atoms with Crippen molar-refractivity contribution in [2.75, 3.05) is 0 Å². The van der Waals surface area contributed by atoms with Crippen LogP contribution in [0.4, 0.5) is 0 Å². The van der Waals surface area contributed by atoms with Crippen LogP contribution in [0.3, 0.4) is 0 Å². The van der Waals surface area contributed by atoms with Gasteiger partial charge < -0.3 is 5.11 Å². The third-order valence-corrected chi connectivity index (χ3v) is 5.42. The van der Waals surface area contributed by atoms with Crippen molar-refractivity contribution in [3.05, 3.63) is 65.3 Å². The van der Waals surface area contributed by atoms with Crippen LogP contribution in [0.5, 0.6) is 5.75 Å². The van der Waals surface area contributed by atoms with Gasteiger partial charge in [-0.05, 0) is 29.8 Å². The first-order valence-electron chi connectivity index (χ1n) is 6.84. The quantitative estimate of drug-likeness (QED) is 0.531. The first-order chi connectivity index (χ1) is 10.7. The van der Waals surface area contributed by atoms with E-state index in [1.54, 1.807) is 23.6 Å². The molecule has 0 aliphatic carbocycles. The number of aromatic hydroxyl groups is 1. The maximum Gasteiger partial charge on any atom is 0.141 e. The number of hydrogen-bond donors (Lipinski definition) is 2. The van der Waals surface area contributed by atoms with E-state index in [1.807, 2.05) is 36.4 Å². The molecule has 0 saturated carbocycles. The lowest BCUT2D eigenvalue weighted by molar-refractivity contribution is 0.480. The van der Waals surface area contributed by atoms with Gasteiger partial charge in [0.25, 0.3) is 0 Å². The Bertz CT molecular complexity index is 948. The summed E-state index contributed by atoms with van der Waals surface area (Å²) in [5, 5.41) is 11.7. The van der Waals surface area contributed by atoms with E-state index in [-0.39, 0.29) is 11.0 Å². The molecular formula is C17H12N2OS2. The smallest absolute Gasteiger partial charge is 0.141 e. The molecule has 22 heavy (non-hydrogen) atoms. The second-order valence-electron chi connectivity index (χ2n) is 5.00. The number of phenolic OH excluding ortho intramolecular Hbond substituents is 1. The zero-order chi connectivity index (χ0) is 15.1. The van der Waals surface area contributed by atoms with Crippen LogP contribution in [0, 0.1) is 0 Å². The Balaban J connectivity index is 1.89. The highest BCUT2D eigenvalue weighted by Crippen LogP contribution is 2.38. The minimum Gasteiger partial charge on any atom is -0.506 e. The highest BCUT2D eigenvalue weighted by Gasteiger charge is 2.18. The number of fused-ring (bicyclic) bond motifs is 2. The molecule has 2 aromatic carbocycles. The summed E-state index contributed by atoms with van der Waals surface area (Å²) < 4.78 is 1.15. The van der Waals surface area contributed by atoms with Crippen LogP contribution in [-0.2, 0) is 0 Å². The number of phenols is 1. The number of nitrogens with zero attached hydrogens (tertiary/aromatic N) is 2. The van der Waals surface area contributed by atoms with Crippen molar-refractivity contribution >= 4 is 45.1 Å². The summed E-state index contributed by atoms with van der Waals surface area (Å²) in [5.41, 5.74) is 2.59. The number of hydrogen-bond acceptors (Lipinski definition) is 5. The molecule has 5 heteroatoms. The van der Waals surface area contributed by atoms with Crippen molar-refractivity contribution in [1.82, 2.24) is 9.97 Å². The van der Waals surface area contributed by atoms with Crippen molar-refractivity contribution in [2.24, 2.45) is 0 Å². The monoisotopic (exact) mass is 324 g/mol. The minimum absolute atomic E-state index is 0.148. The van der Waals surface area contributed by atoms with E-state index in [4.69, 9.17) is 12.6 Å². The van der Waals surface area contributed by atoms with Gasteiger partial charge in [0, 0.05) is 11.6 Å². The van der Waals surface area contributed by atoms with E-state index in [0.717, 1.165) is 26.2 Å². The Morgan fingerprint density at radius 3 is 2.77 bits per heavy atom. The van der Waals surface area contributed by atoms with E-state index >= 15 is 0 Å². The highest BCUT2D eigenvalue weighted by molar-refractivity contribution is 7.81. The molecule has 0 aliphatic rings. The van der Waals surface area contributed by atoms with Crippen LogP contribution in [0.1, 0.15) is 15.8 Å². The second-order valence-corrected chi connectivity index (χ2v) is 6.57. The molecule has 2 aromatic heterocycles. The molecule has 4 rings (SSSR count). The number of rotatable bonds is 2. The largest absolute Gasteiger partial charge is 0.506 e. The van der Waals surface area contributed by atoms with Gasteiger partial charge in [-0.15, -0.1) is 11.3 Å². The molecular weight excluding hydrogens is 312 g/mol. The molecule has 3 nitrogen and oxygen atoms in total. The Morgan fingerprint density at radius 2 is 1.91 bits per heavy atom. The molecule has 0 radical (unpaired) electrons. The number of aromatic nitrogens is 2. The predicted molar refractivity (Wildman–Crippen MR) is 93.9 cm³/mol. The van der Waals surface area contributed by atoms with Crippen LogP contribution >= 0.6 is 24.0 Å². The molecule has 1 N–H and O–H groups in total. The molecule has 1 atom stereocenters. The summed E-state index contributed by atoms with van der Waals surface area (Å²) in [7, 11) is 0. The number of benzene rings is 2. The third-order valence-electron chi connectivity index (χ3n) is 3.62. The zero-order valence-corrected chi connectivity index (χ0v) is 13.2.